The molecule has 0 unspecified atom stereocenters. The number of aryl methyl sites for hydroxylation is 1. The predicted octanol–water partition coefficient (Wildman–Crippen LogP) is 1.26. The third kappa shape index (κ3) is 1.87. The van der Waals surface area contributed by atoms with Crippen molar-refractivity contribution < 1.29 is 5.11 Å². The highest BCUT2D eigenvalue weighted by Gasteiger charge is 2.22. The second-order valence-corrected chi connectivity index (χ2v) is 4.01. The third-order valence-electron chi connectivity index (χ3n) is 2.99. The molecule has 1 aromatic carbocycles. The fraction of sp³-hybridized carbons (Fsp3) is 0.417. The van der Waals surface area contributed by atoms with Crippen LogP contribution in [0.25, 0.3) is 0 Å². The fourth-order valence-corrected chi connectivity index (χ4v) is 2.09. The number of hydrogen-bond acceptors (Lipinski definition) is 3. The molecule has 0 aliphatic heterocycles. The number of hydrogen-bond donors (Lipinski definition) is 2. The molecule has 0 saturated heterocycles. The van der Waals surface area contributed by atoms with Gasteiger partial charge in [0.2, 0.25) is 0 Å². The van der Waals surface area contributed by atoms with E-state index in [1.54, 1.807) is 6.07 Å². The molecule has 78 valence electrons. The van der Waals surface area contributed by atoms with Gasteiger partial charge in [0.05, 0.1) is 23.8 Å². The molecule has 15 heavy (non-hydrogen) atoms. The van der Waals surface area contributed by atoms with E-state index in [9.17, 15) is 5.11 Å². The molecule has 3 heteroatoms. The topological polar surface area (TPSA) is 70.0 Å². The summed E-state index contributed by atoms with van der Waals surface area (Å²) in [5.74, 6) is 0. The molecular formula is C12H14N2O. The summed E-state index contributed by atoms with van der Waals surface area (Å²) in [6, 6.07) is 7.30. The van der Waals surface area contributed by atoms with E-state index in [4.69, 9.17) is 11.0 Å². The summed E-state index contributed by atoms with van der Waals surface area (Å²) in [6.07, 6.45) is 2.14. The maximum atomic E-state index is 9.76. The second-order valence-electron chi connectivity index (χ2n) is 4.01. The van der Waals surface area contributed by atoms with Crippen LogP contribution in [-0.2, 0) is 6.42 Å². The molecule has 1 aromatic rings. The first-order valence-corrected chi connectivity index (χ1v) is 5.19. The maximum Gasteiger partial charge on any atom is 0.0991 e. The molecule has 1 aliphatic carbocycles. The Morgan fingerprint density at radius 3 is 3.00 bits per heavy atom. The predicted molar refractivity (Wildman–Crippen MR) is 57.0 cm³/mol. The Hall–Kier alpha value is -1.37. The van der Waals surface area contributed by atoms with Crippen LogP contribution in [0, 0.1) is 11.3 Å². The Morgan fingerprint density at radius 2 is 2.27 bits per heavy atom. The number of nitriles is 1. The third-order valence-corrected chi connectivity index (χ3v) is 2.99. The van der Waals surface area contributed by atoms with Crippen molar-refractivity contribution in [3.63, 3.8) is 0 Å². The Kier molecular flexibility index (Phi) is 2.72. The van der Waals surface area contributed by atoms with Crippen molar-refractivity contribution in [1.29, 1.82) is 5.26 Å². The summed E-state index contributed by atoms with van der Waals surface area (Å²) < 4.78 is 0. The largest absolute Gasteiger partial charge is 0.391 e. The first kappa shape index (κ1) is 10.2. The number of benzene rings is 1. The Balaban J connectivity index is 2.47. The minimum Gasteiger partial charge on any atom is -0.391 e. The van der Waals surface area contributed by atoms with Crippen LogP contribution in [0.5, 0.6) is 0 Å². The van der Waals surface area contributed by atoms with Crippen molar-refractivity contribution in [1.82, 2.24) is 0 Å². The van der Waals surface area contributed by atoms with Gasteiger partial charge in [0.15, 0.2) is 0 Å². The lowest BCUT2D eigenvalue weighted by Crippen LogP contribution is -2.25. The Morgan fingerprint density at radius 1 is 1.47 bits per heavy atom. The van der Waals surface area contributed by atoms with E-state index >= 15 is 0 Å². The van der Waals surface area contributed by atoms with Gasteiger partial charge < -0.3 is 10.8 Å². The lowest BCUT2D eigenvalue weighted by molar-refractivity contribution is 0.136. The van der Waals surface area contributed by atoms with Crippen LogP contribution in [-0.4, -0.2) is 11.2 Å². The van der Waals surface area contributed by atoms with E-state index in [2.05, 4.69) is 6.07 Å². The van der Waals surface area contributed by atoms with Gasteiger partial charge in [0, 0.05) is 0 Å². The molecule has 0 aromatic heterocycles. The molecule has 2 atom stereocenters. The van der Waals surface area contributed by atoms with Gasteiger partial charge in [-0.25, -0.2) is 0 Å². The average Bonchev–Trinajstić information content (AvgIpc) is 2.40. The van der Waals surface area contributed by atoms with Gasteiger partial charge >= 0.3 is 0 Å². The van der Waals surface area contributed by atoms with Crippen LogP contribution in [0.3, 0.4) is 0 Å². The lowest BCUT2D eigenvalue weighted by Gasteiger charge is -2.17. The molecule has 0 spiro atoms. The minimum atomic E-state index is -0.486. The summed E-state index contributed by atoms with van der Waals surface area (Å²) >= 11 is 0. The highest BCUT2D eigenvalue weighted by atomic mass is 16.3. The van der Waals surface area contributed by atoms with Crippen molar-refractivity contribution in [2.45, 2.75) is 31.4 Å². The fourth-order valence-electron chi connectivity index (χ4n) is 2.09. The SMILES string of the molecule is N#Cc1ccc2c(c1)[C@H](N)[C@H](O)CCC2. The van der Waals surface area contributed by atoms with E-state index in [1.165, 1.54) is 0 Å². The zero-order valence-corrected chi connectivity index (χ0v) is 8.48. The van der Waals surface area contributed by atoms with Crippen molar-refractivity contribution >= 4 is 0 Å². The number of fused-ring (bicyclic) bond motifs is 1. The monoisotopic (exact) mass is 202 g/mol. The number of rotatable bonds is 0. The Bertz CT molecular complexity index is 409. The van der Waals surface area contributed by atoms with Crippen LogP contribution >= 0.6 is 0 Å². The van der Waals surface area contributed by atoms with Gasteiger partial charge in [-0.2, -0.15) is 5.26 Å². The van der Waals surface area contributed by atoms with Gasteiger partial charge in [-0.3, -0.25) is 0 Å². The molecule has 3 nitrogen and oxygen atoms in total. The van der Waals surface area contributed by atoms with E-state index in [0.717, 1.165) is 30.4 Å². The summed E-state index contributed by atoms with van der Waals surface area (Å²) in [4.78, 5) is 0. The number of aliphatic hydroxyl groups is 1. The molecule has 0 saturated carbocycles. The van der Waals surface area contributed by atoms with Crippen LogP contribution in [0.15, 0.2) is 18.2 Å². The smallest absolute Gasteiger partial charge is 0.0991 e. The van der Waals surface area contributed by atoms with Gasteiger partial charge in [0.1, 0.15) is 0 Å². The van der Waals surface area contributed by atoms with Gasteiger partial charge in [-0.15, -0.1) is 0 Å². The van der Waals surface area contributed by atoms with E-state index < -0.39 is 6.10 Å². The highest BCUT2D eigenvalue weighted by Crippen LogP contribution is 2.27. The quantitative estimate of drug-likeness (QED) is 0.622. The normalized spacial score (nSPS) is 25.1. The molecule has 0 amide bonds. The summed E-state index contributed by atoms with van der Waals surface area (Å²) in [5.41, 5.74) is 8.66. The van der Waals surface area contributed by atoms with Crippen LogP contribution < -0.4 is 5.73 Å². The van der Waals surface area contributed by atoms with Crippen molar-refractivity contribution in [3.8, 4) is 6.07 Å². The van der Waals surface area contributed by atoms with Crippen LogP contribution in [0.1, 0.15) is 35.6 Å². The number of aliphatic hydroxyl groups excluding tert-OH is 1. The summed E-state index contributed by atoms with van der Waals surface area (Å²) in [5, 5.41) is 18.6. The first-order valence-electron chi connectivity index (χ1n) is 5.19. The molecular weight excluding hydrogens is 188 g/mol. The summed E-state index contributed by atoms with van der Waals surface area (Å²) in [6.45, 7) is 0. The molecule has 0 radical (unpaired) electrons. The first-order chi connectivity index (χ1) is 7.22. The summed E-state index contributed by atoms with van der Waals surface area (Å²) in [7, 11) is 0. The molecule has 2 rings (SSSR count). The highest BCUT2D eigenvalue weighted by molar-refractivity contribution is 5.40. The zero-order valence-electron chi connectivity index (χ0n) is 8.48. The molecule has 1 aliphatic rings. The van der Waals surface area contributed by atoms with Crippen molar-refractivity contribution in [2.24, 2.45) is 5.73 Å². The van der Waals surface area contributed by atoms with E-state index in [0.29, 0.717) is 5.56 Å². The zero-order chi connectivity index (χ0) is 10.8. The Labute approximate surface area is 89.1 Å². The van der Waals surface area contributed by atoms with Gasteiger partial charge in [0.25, 0.3) is 0 Å². The lowest BCUT2D eigenvalue weighted by atomic mass is 9.96. The van der Waals surface area contributed by atoms with Crippen molar-refractivity contribution in [3.05, 3.63) is 34.9 Å². The second kappa shape index (κ2) is 4.01. The van der Waals surface area contributed by atoms with Gasteiger partial charge in [-0.05, 0) is 42.5 Å². The minimum absolute atomic E-state index is 0.351. The van der Waals surface area contributed by atoms with E-state index in [-0.39, 0.29) is 6.04 Å². The molecule has 3 N–H and O–H groups in total. The number of nitrogens with two attached hydrogens (primary N) is 1. The van der Waals surface area contributed by atoms with Crippen LogP contribution in [0.2, 0.25) is 0 Å². The molecule has 0 heterocycles. The van der Waals surface area contributed by atoms with Gasteiger partial charge in [-0.1, -0.05) is 6.07 Å². The van der Waals surface area contributed by atoms with Crippen LogP contribution in [0.4, 0.5) is 0 Å². The average molecular weight is 202 g/mol. The van der Waals surface area contributed by atoms with Crippen molar-refractivity contribution in [2.75, 3.05) is 0 Å². The maximum absolute atomic E-state index is 9.76. The number of nitrogens with zero attached hydrogens (tertiary/aromatic N) is 1. The standard InChI is InChI=1S/C12H14N2O/c13-7-8-4-5-9-2-1-3-11(15)12(14)10(9)6-8/h4-6,11-12,15H,1-3,14H2/t11-,12+/m1/s1. The molecule has 0 fully saturated rings. The van der Waals surface area contributed by atoms with E-state index in [1.807, 2.05) is 12.1 Å². The molecule has 0 bridgehead atoms.